The molecule has 1 aromatic carbocycles. The summed E-state index contributed by atoms with van der Waals surface area (Å²) < 4.78 is 34.1. The Morgan fingerprint density at radius 1 is 0.871 bits per heavy atom. The van der Waals surface area contributed by atoms with E-state index in [0.717, 1.165) is 49.4 Å². The molecule has 31 heavy (non-hydrogen) atoms. The topological polar surface area (TPSA) is 9.23 Å². The first-order valence-corrected chi connectivity index (χ1v) is 13.1. The highest BCUT2D eigenvalue weighted by atomic mass is 19.2. The second kappa shape index (κ2) is 12.2. The zero-order chi connectivity index (χ0) is 22.2. The van der Waals surface area contributed by atoms with Gasteiger partial charge in [0.1, 0.15) is 0 Å². The van der Waals surface area contributed by atoms with Crippen molar-refractivity contribution in [3.05, 3.63) is 29.3 Å². The maximum absolute atomic E-state index is 14.6. The Hall–Kier alpha value is -1.12. The molecule has 0 heterocycles. The van der Waals surface area contributed by atoms with Crippen LogP contribution in [0.3, 0.4) is 0 Å². The van der Waals surface area contributed by atoms with Crippen molar-refractivity contribution in [2.24, 2.45) is 23.7 Å². The minimum atomic E-state index is -0.819. The molecule has 176 valence electrons. The number of hydrogen-bond acceptors (Lipinski definition) is 1. The largest absolute Gasteiger partial charge is 0.491 e. The van der Waals surface area contributed by atoms with Gasteiger partial charge in [0.05, 0.1) is 6.61 Å². The molecule has 3 rings (SSSR count). The summed E-state index contributed by atoms with van der Waals surface area (Å²) in [6.07, 6.45) is 16.9. The maximum atomic E-state index is 14.6. The molecule has 2 fully saturated rings. The third kappa shape index (κ3) is 6.68. The van der Waals surface area contributed by atoms with Crippen LogP contribution in [0.4, 0.5) is 8.78 Å². The lowest BCUT2D eigenvalue weighted by atomic mass is 9.70. The Bertz CT molecular complexity index is 657. The van der Waals surface area contributed by atoms with Crippen molar-refractivity contribution >= 4 is 0 Å². The predicted molar refractivity (Wildman–Crippen MR) is 126 cm³/mol. The van der Waals surface area contributed by atoms with Gasteiger partial charge in [-0.3, -0.25) is 0 Å². The van der Waals surface area contributed by atoms with E-state index in [1.807, 2.05) is 0 Å². The summed E-state index contributed by atoms with van der Waals surface area (Å²) in [6, 6.07) is 3.35. The van der Waals surface area contributed by atoms with Crippen LogP contribution in [0.2, 0.25) is 0 Å². The van der Waals surface area contributed by atoms with Gasteiger partial charge in [0.15, 0.2) is 11.6 Å². The molecule has 2 saturated carbocycles. The molecule has 1 aromatic rings. The molecule has 2 aliphatic carbocycles. The number of rotatable bonds is 10. The predicted octanol–water partition coefficient (Wildman–Crippen LogP) is 9.05. The van der Waals surface area contributed by atoms with Crippen LogP contribution in [0.5, 0.6) is 5.75 Å². The minimum absolute atomic E-state index is 0.0337. The van der Waals surface area contributed by atoms with Crippen molar-refractivity contribution in [2.75, 3.05) is 6.61 Å². The van der Waals surface area contributed by atoms with Gasteiger partial charge in [-0.2, -0.15) is 4.39 Å². The Morgan fingerprint density at radius 3 is 2.19 bits per heavy atom. The lowest BCUT2D eigenvalue weighted by molar-refractivity contribution is 0.168. The van der Waals surface area contributed by atoms with E-state index in [-0.39, 0.29) is 11.7 Å². The Labute approximate surface area is 189 Å². The van der Waals surface area contributed by atoms with E-state index >= 15 is 0 Å². The molecule has 3 heteroatoms. The van der Waals surface area contributed by atoms with Crippen LogP contribution in [-0.4, -0.2) is 6.61 Å². The van der Waals surface area contributed by atoms with E-state index in [0.29, 0.717) is 12.2 Å². The summed E-state index contributed by atoms with van der Waals surface area (Å²) >= 11 is 0. The van der Waals surface area contributed by atoms with Gasteiger partial charge in [0.2, 0.25) is 5.82 Å². The zero-order valence-corrected chi connectivity index (χ0v) is 20.1. The van der Waals surface area contributed by atoms with Gasteiger partial charge >= 0.3 is 0 Å². The van der Waals surface area contributed by atoms with Gasteiger partial charge in [-0.25, -0.2) is 4.39 Å². The monoisotopic (exact) mass is 434 g/mol. The molecule has 0 amide bonds. The molecule has 0 aromatic heterocycles. The molecule has 0 saturated heterocycles. The third-order valence-corrected chi connectivity index (χ3v) is 8.28. The van der Waals surface area contributed by atoms with Crippen LogP contribution in [-0.2, 0) is 0 Å². The zero-order valence-electron chi connectivity index (χ0n) is 20.1. The summed E-state index contributed by atoms with van der Waals surface area (Å²) in [5.41, 5.74) is 0.550. The first-order chi connectivity index (χ1) is 15.0. The molecule has 1 atom stereocenters. The van der Waals surface area contributed by atoms with Crippen molar-refractivity contribution in [1.29, 1.82) is 0 Å². The summed E-state index contributed by atoms with van der Waals surface area (Å²) in [5.74, 6) is 2.11. The van der Waals surface area contributed by atoms with Gasteiger partial charge in [-0.05, 0) is 93.1 Å². The molecule has 0 bridgehead atoms. The van der Waals surface area contributed by atoms with E-state index in [2.05, 4.69) is 13.8 Å². The summed E-state index contributed by atoms with van der Waals surface area (Å²) in [7, 11) is 0. The second-order valence-electron chi connectivity index (χ2n) is 10.4. The van der Waals surface area contributed by atoms with Crippen molar-refractivity contribution in [1.82, 2.24) is 0 Å². The molecule has 1 unspecified atom stereocenters. The fourth-order valence-electron chi connectivity index (χ4n) is 6.29. The average molecular weight is 435 g/mol. The lowest BCUT2D eigenvalue weighted by Gasteiger charge is -2.36. The second-order valence-corrected chi connectivity index (χ2v) is 10.4. The molecular weight excluding hydrogens is 390 g/mol. The van der Waals surface area contributed by atoms with Gasteiger partial charge in [-0.1, -0.05) is 58.4 Å². The highest BCUT2D eigenvalue weighted by Gasteiger charge is 2.30. The van der Waals surface area contributed by atoms with E-state index in [9.17, 15) is 8.78 Å². The summed E-state index contributed by atoms with van der Waals surface area (Å²) in [5, 5.41) is 0. The van der Waals surface area contributed by atoms with E-state index in [4.69, 9.17) is 4.74 Å². The molecule has 0 aliphatic heterocycles. The van der Waals surface area contributed by atoms with E-state index in [1.165, 1.54) is 57.8 Å². The minimum Gasteiger partial charge on any atom is -0.491 e. The van der Waals surface area contributed by atoms with Crippen LogP contribution >= 0.6 is 0 Å². The van der Waals surface area contributed by atoms with Crippen molar-refractivity contribution in [3.8, 4) is 5.75 Å². The number of benzene rings is 1. The van der Waals surface area contributed by atoms with Crippen molar-refractivity contribution in [3.63, 3.8) is 0 Å². The smallest absolute Gasteiger partial charge is 0.200 e. The average Bonchev–Trinajstić information content (AvgIpc) is 2.78. The van der Waals surface area contributed by atoms with Gasteiger partial charge in [0, 0.05) is 0 Å². The van der Waals surface area contributed by atoms with Crippen molar-refractivity contribution < 1.29 is 13.5 Å². The Morgan fingerprint density at radius 2 is 1.55 bits per heavy atom. The fourth-order valence-corrected chi connectivity index (χ4v) is 6.29. The van der Waals surface area contributed by atoms with Gasteiger partial charge < -0.3 is 4.74 Å². The normalized spacial score (nSPS) is 27.8. The number of hydrogen-bond donors (Lipinski definition) is 0. The highest BCUT2D eigenvalue weighted by Crippen LogP contribution is 2.43. The molecule has 1 nitrogen and oxygen atoms in total. The number of unbranched alkanes of at least 4 members (excludes halogenated alkanes) is 2. The summed E-state index contributed by atoms with van der Waals surface area (Å²) in [4.78, 5) is 0. The first-order valence-electron chi connectivity index (χ1n) is 13.1. The van der Waals surface area contributed by atoms with Crippen LogP contribution in [0.15, 0.2) is 12.1 Å². The van der Waals surface area contributed by atoms with Crippen molar-refractivity contribution in [2.45, 2.75) is 110 Å². The van der Waals surface area contributed by atoms with E-state index in [1.54, 1.807) is 19.1 Å². The molecule has 0 radical (unpaired) electrons. The van der Waals surface area contributed by atoms with Gasteiger partial charge in [-0.15, -0.1) is 0 Å². The molecule has 2 aliphatic rings. The molecule has 0 spiro atoms. The SMILES string of the molecule is CCCCCC1CCC(C(C)CC2CCC(c3ccc(OCC)c(F)c3F)CC2)CC1. The van der Waals surface area contributed by atoms with Crippen LogP contribution in [0.25, 0.3) is 0 Å². The fraction of sp³-hybridized carbons (Fsp3) is 0.786. The van der Waals surface area contributed by atoms with E-state index < -0.39 is 11.6 Å². The van der Waals surface area contributed by atoms with Gasteiger partial charge in [0.25, 0.3) is 0 Å². The van der Waals surface area contributed by atoms with Crippen LogP contribution in [0, 0.1) is 35.3 Å². The number of halogens is 2. The quantitative estimate of drug-likeness (QED) is 0.334. The lowest BCUT2D eigenvalue weighted by Crippen LogP contribution is -2.23. The Kier molecular flexibility index (Phi) is 9.66. The Balaban J connectivity index is 1.43. The van der Waals surface area contributed by atoms with Crippen LogP contribution < -0.4 is 4.74 Å². The maximum Gasteiger partial charge on any atom is 0.200 e. The van der Waals surface area contributed by atoms with Crippen LogP contribution in [0.1, 0.15) is 116 Å². The summed E-state index contributed by atoms with van der Waals surface area (Å²) in [6.45, 7) is 6.89. The molecular formula is C28H44F2O. The standard InChI is InChI=1S/C28H44F2O/c1-4-6-7-8-21-9-13-23(14-10-21)20(3)19-22-11-15-24(16-12-22)25-17-18-26(31-5-2)28(30)27(25)29/h17-18,20-24H,4-16,19H2,1-3H3. The first kappa shape index (κ1) is 24.5. The molecule has 0 N–H and O–H groups in total. The third-order valence-electron chi connectivity index (χ3n) is 8.28. The number of ether oxygens (including phenoxy) is 1. The highest BCUT2D eigenvalue weighted by molar-refractivity contribution is 5.33.